The molecule has 0 saturated heterocycles. The summed E-state index contributed by atoms with van der Waals surface area (Å²) in [7, 11) is 0. The molecule has 1 nitrogen and oxygen atoms in total. The molecule has 0 heterocycles. The van der Waals surface area contributed by atoms with Gasteiger partial charge in [0.25, 0.3) is 0 Å². The highest BCUT2D eigenvalue weighted by Crippen LogP contribution is 2.68. The maximum atomic E-state index is 11.2. The molecule has 0 bridgehead atoms. The van der Waals surface area contributed by atoms with Crippen LogP contribution in [0.25, 0.3) is 0 Å². The molecule has 0 radical (unpaired) electrons. The Morgan fingerprint density at radius 1 is 0.514 bits per heavy atom. The Balaban J connectivity index is 4.18. The van der Waals surface area contributed by atoms with Gasteiger partial charge >= 0.3 is 0 Å². The first-order valence-electron chi connectivity index (χ1n) is 9.18. The minimum Gasteiger partial charge on any atom is -0.388 e. The van der Waals surface area contributed by atoms with Gasteiger partial charge in [0.2, 0.25) is 16.3 Å². The second-order valence-corrected chi connectivity index (χ2v) is 20.4. The van der Waals surface area contributed by atoms with Crippen molar-refractivity contribution in [3.8, 4) is 0 Å². The van der Waals surface area contributed by atoms with Gasteiger partial charge in [0, 0.05) is 0 Å². The third kappa shape index (κ3) is 6.98. The molecule has 1 atom stereocenters. The molecule has 216 valence electrons. The van der Waals surface area contributed by atoms with Gasteiger partial charge in [0.15, 0.2) is 17.3 Å². The highest BCUT2D eigenvalue weighted by molar-refractivity contribution is 6.81. The first-order chi connectivity index (χ1) is 16.0. The van der Waals surface area contributed by atoms with Crippen LogP contribution in [-0.2, 0) is 8.67 Å². The Morgan fingerprint density at radius 2 is 0.784 bits per heavy atom. The first-order valence-corrected chi connectivity index (χ1v) is 16.0. The van der Waals surface area contributed by atoms with Crippen molar-refractivity contribution in [3.63, 3.8) is 0 Å². The fourth-order valence-electron chi connectivity index (χ4n) is 2.85. The van der Waals surface area contributed by atoms with Crippen molar-refractivity contribution in [1.82, 2.24) is 0 Å². The van der Waals surface area contributed by atoms with E-state index in [4.69, 9.17) is 209 Å². The Morgan fingerprint density at radius 3 is 1.00 bits per heavy atom. The molecule has 0 aliphatic heterocycles. The SMILES string of the molecule is CC(C)C(O)c1c(C(Cl)(Cl)C(Cl)(Cl)C(Cl)(Cl)C(Cl)(Cl)Cl)cccc1C(Cl)(Cl)C(Cl)(Cl)C(Cl)(Cl)C(Cl)(Cl)Cl. The maximum absolute atomic E-state index is 11.2. The summed E-state index contributed by atoms with van der Waals surface area (Å²) in [6.45, 7) is 3.23. The van der Waals surface area contributed by atoms with E-state index in [0.717, 1.165) is 0 Å². The van der Waals surface area contributed by atoms with E-state index in [9.17, 15) is 5.11 Å². The Labute approximate surface area is 304 Å². The largest absolute Gasteiger partial charge is 0.388 e. The van der Waals surface area contributed by atoms with Crippen LogP contribution in [0.15, 0.2) is 18.2 Å². The summed E-state index contributed by atoms with van der Waals surface area (Å²) in [5, 5.41) is 11.2. The van der Waals surface area contributed by atoms with Gasteiger partial charge < -0.3 is 5.11 Å². The van der Waals surface area contributed by atoms with Gasteiger partial charge in [0.05, 0.1) is 6.10 Å². The van der Waals surface area contributed by atoms with Gasteiger partial charge in [-0.2, -0.15) is 0 Å². The zero-order valence-corrected chi connectivity index (χ0v) is 31.2. The summed E-state index contributed by atoms with van der Waals surface area (Å²) in [5.41, 5.74) is -0.707. The van der Waals surface area contributed by atoms with Crippen LogP contribution in [0, 0.1) is 5.92 Å². The van der Waals surface area contributed by atoms with Crippen molar-refractivity contribution in [3.05, 3.63) is 34.9 Å². The molecule has 1 aromatic carbocycles. The lowest BCUT2D eigenvalue weighted by molar-refractivity contribution is 0.124. The standard InChI is InChI=1S/C18H12Cl18O/c1-6(2)10(37)9-7(11(19,20)13(23,24)15(27,28)17(31,32)33)4-3-5-8(9)12(21,22)14(25,26)16(29,30)18(34,35)36/h3-6,10,37H,1-2H3. The second kappa shape index (κ2) is 12.7. The zero-order valence-electron chi connectivity index (χ0n) is 17.6. The predicted octanol–water partition coefficient (Wildman–Crippen LogP) is 13.1. The zero-order chi connectivity index (χ0) is 30.0. The number of halogens is 18. The molecule has 0 aliphatic rings. The van der Waals surface area contributed by atoms with Crippen molar-refractivity contribution < 1.29 is 5.11 Å². The fraction of sp³-hybridized carbons (Fsp3) is 0.667. The quantitative estimate of drug-likeness (QED) is 0.258. The molecule has 0 spiro atoms. The summed E-state index contributed by atoms with van der Waals surface area (Å²) in [5.74, 6) is -0.567. The normalized spacial score (nSPS) is 16.4. The summed E-state index contributed by atoms with van der Waals surface area (Å²) in [6, 6.07) is 3.88. The van der Waals surface area contributed by atoms with Crippen LogP contribution in [0.3, 0.4) is 0 Å². The van der Waals surface area contributed by atoms with Gasteiger partial charge in [-0.3, -0.25) is 0 Å². The minimum atomic E-state index is -2.71. The Bertz CT molecular complexity index is 904. The average molecular weight is 882 g/mol. The monoisotopic (exact) mass is 874 g/mol. The van der Waals surface area contributed by atoms with Crippen LogP contribution in [-0.4, -0.2) is 30.0 Å². The summed E-state index contributed by atoms with van der Waals surface area (Å²) in [6.07, 6.45) is -1.46. The number of hydrogen-bond donors (Lipinski definition) is 1. The molecule has 0 amide bonds. The Kier molecular flexibility index (Phi) is 13.5. The van der Waals surface area contributed by atoms with E-state index in [1.807, 2.05) is 0 Å². The lowest BCUT2D eigenvalue weighted by Gasteiger charge is -2.47. The van der Waals surface area contributed by atoms with E-state index < -0.39 is 45.6 Å². The number of aliphatic hydroxyl groups is 1. The molecular weight excluding hydrogens is 870 g/mol. The predicted molar refractivity (Wildman–Crippen MR) is 171 cm³/mol. The number of benzene rings is 1. The van der Waals surface area contributed by atoms with Crippen LogP contribution in [0.1, 0.15) is 36.6 Å². The molecule has 0 aromatic heterocycles. The molecule has 1 aromatic rings. The highest BCUT2D eigenvalue weighted by Gasteiger charge is 2.71. The second-order valence-electron chi connectivity index (χ2n) is 7.90. The molecule has 0 saturated carbocycles. The fourth-order valence-corrected chi connectivity index (χ4v) is 7.44. The van der Waals surface area contributed by atoms with E-state index in [-0.39, 0.29) is 16.7 Å². The summed E-state index contributed by atoms with van der Waals surface area (Å²) in [4.78, 5) is 0. The molecule has 0 aliphatic carbocycles. The van der Waals surface area contributed by atoms with E-state index >= 15 is 0 Å². The molecule has 1 unspecified atom stereocenters. The van der Waals surface area contributed by atoms with Crippen LogP contribution in [0.4, 0.5) is 0 Å². The third-order valence-corrected chi connectivity index (χ3v) is 15.9. The van der Waals surface area contributed by atoms with Gasteiger partial charge in [-0.1, -0.05) is 241 Å². The van der Waals surface area contributed by atoms with Crippen molar-refractivity contribution in [2.24, 2.45) is 5.92 Å². The number of hydrogen-bond acceptors (Lipinski definition) is 1. The van der Waals surface area contributed by atoms with Crippen LogP contribution < -0.4 is 0 Å². The van der Waals surface area contributed by atoms with E-state index in [2.05, 4.69) is 0 Å². The molecule has 19 heteroatoms. The smallest absolute Gasteiger partial charge is 0.226 e. The summed E-state index contributed by atoms with van der Waals surface area (Å²) < 4.78 is -20.9. The topological polar surface area (TPSA) is 20.2 Å². The van der Waals surface area contributed by atoms with Crippen molar-refractivity contribution in [2.75, 3.05) is 0 Å². The van der Waals surface area contributed by atoms with Crippen molar-refractivity contribution in [1.29, 1.82) is 0 Å². The third-order valence-electron chi connectivity index (χ3n) is 5.00. The van der Waals surface area contributed by atoms with Crippen LogP contribution in [0.5, 0.6) is 0 Å². The first kappa shape index (κ1) is 39.4. The van der Waals surface area contributed by atoms with E-state index in [1.54, 1.807) is 13.8 Å². The molecule has 37 heavy (non-hydrogen) atoms. The average Bonchev–Trinajstić information content (AvgIpc) is 2.70. The van der Waals surface area contributed by atoms with Gasteiger partial charge in [0.1, 0.15) is 0 Å². The van der Waals surface area contributed by atoms with Crippen molar-refractivity contribution >= 4 is 209 Å². The molecule has 0 fully saturated rings. The summed E-state index contributed by atoms with van der Waals surface area (Å²) >= 11 is 113. The van der Waals surface area contributed by atoms with Gasteiger partial charge in [-0.25, -0.2) is 0 Å². The number of aliphatic hydroxyl groups excluding tert-OH is 1. The van der Waals surface area contributed by atoms with E-state index in [0.29, 0.717) is 0 Å². The lowest BCUT2D eigenvalue weighted by Crippen LogP contribution is -2.56. The van der Waals surface area contributed by atoms with Gasteiger partial charge in [-0.15, -0.1) is 0 Å². The minimum absolute atomic E-state index is 0.203. The maximum Gasteiger partial charge on any atom is 0.226 e. The molecule has 1 N–H and O–H groups in total. The van der Waals surface area contributed by atoms with Crippen LogP contribution in [0.2, 0.25) is 0 Å². The Hall–Kier alpha value is 4.40. The number of alkyl halides is 18. The molecule has 1 rings (SSSR count). The van der Waals surface area contributed by atoms with Crippen molar-refractivity contribution in [2.45, 2.75) is 53.5 Å². The molecular formula is C18H12Cl18O. The van der Waals surface area contributed by atoms with Crippen LogP contribution >= 0.6 is 209 Å². The van der Waals surface area contributed by atoms with Gasteiger partial charge in [-0.05, 0) is 22.6 Å². The highest BCUT2D eigenvalue weighted by atomic mass is 35.6. The lowest BCUT2D eigenvalue weighted by atomic mass is 9.85. The van der Waals surface area contributed by atoms with E-state index in [1.165, 1.54) is 18.2 Å². The number of rotatable bonds is 8.